The van der Waals surface area contributed by atoms with Gasteiger partial charge < -0.3 is 5.11 Å². The van der Waals surface area contributed by atoms with E-state index in [2.05, 4.69) is 20.9 Å². The molecule has 5 heteroatoms. The van der Waals surface area contributed by atoms with Gasteiger partial charge in [-0.25, -0.2) is 8.78 Å². The molecule has 1 aromatic heterocycles. The minimum absolute atomic E-state index is 0.120. The summed E-state index contributed by atoms with van der Waals surface area (Å²) >= 11 is 3.17. The number of aromatic nitrogens is 1. The van der Waals surface area contributed by atoms with E-state index in [0.29, 0.717) is 5.69 Å². The molecule has 1 rings (SSSR count). The number of rotatable bonds is 3. The van der Waals surface area contributed by atoms with Crippen molar-refractivity contribution in [1.29, 1.82) is 0 Å². The first-order chi connectivity index (χ1) is 6.09. The van der Waals surface area contributed by atoms with Crippen molar-refractivity contribution in [2.75, 3.05) is 0 Å². The third-order valence-corrected chi connectivity index (χ3v) is 1.97. The molecule has 0 saturated heterocycles. The summed E-state index contributed by atoms with van der Waals surface area (Å²) in [5.74, 6) is 0. The summed E-state index contributed by atoms with van der Waals surface area (Å²) in [5.41, 5.74) is 0.455. The largest absolute Gasteiger partial charge is 0.387 e. The summed E-state index contributed by atoms with van der Waals surface area (Å²) in [6, 6.07) is 3.29. The van der Waals surface area contributed by atoms with Gasteiger partial charge in [-0.15, -0.1) is 0 Å². The Morgan fingerprint density at radius 2 is 2.15 bits per heavy atom. The third kappa shape index (κ3) is 3.36. The van der Waals surface area contributed by atoms with Gasteiger partial charge >= 0.3 is 0 Å². The molecule has 0 radical (unpaired) electrons. The fourth-order valence-corrected chi connectivity index (χ4v) is 1.07. The Balaban J connectivity index is 2.59. The van der Waals surface area contributed by atoms with Gasteiger partial charge in [0.2, 0.25) is 0 Å². The molecule has 0 amide bonds. The molecule has 13 heavy (non-hydrogen) atoms. The van der Waals surface area contributed by atoms with Gasteiger partial charge in [-0.05, 0) is 28.1 Å². The predicted molar refractivity (Wildman–Crippen MR) is 47.7 cm³/mol. The second-order valence-corrected chi connectivity index (χ2v) is 3.49. The first-order valence-electron chi connectivity index (χ1n) is 3.66. The van der Waals surface area contributed by atoms with E-state index in [9.17, 15) is 8.78 Å². The maximum absolute atomic E-state index is 11.9. The summed E-state index contributed by atoms with van der Waals surface area (Å²) in [5, 5.41) is 8.85. The summed E-state index contributed by atoms with van der Waals surface area (Å²) in [4.78, 5) is 3.86. The average Bonchev–Trinajstić information content (AvgIpc) is 2.08. The molecule has 1 aromatic rings. The SMILES string of the molecule is OC(Cc1ccc(Br)cn1)C(F)F. The molecule has 1 unspecified atom stereocenters. The van der Waals surface area contributed by atoms with Crippen molar-refractivity contribution in [3.05, 3.63) is 28.5 Å². The standard InChI is InChI=1S/C8H8BrF2NO/c9-5-1-2-6(12-4-5)3-7(13)8(10)11/h1-2,4,7-8,13H,3H2. The van der Waals surface area contributed by atoms with Crippen LogP contribution in [0.15, 0.2) is 22.8 Å². The molecule has 1 atom stereocenters. The van der Waals surface area contributed by atoms with Crippen LogP contribution in [0.25, 0.3) is 0 Å². The molecular weight excluding hydrogens is 244 g/mol. The van der Waals surface area contributed by atoms with Gasteiger partial charge in [0, 0.05) is 22.8 Å². The Kier molecular flexibility index (Phi) is 3.74. The van der Waals surface area contributed by atoms with Crippen molar-refractivity contribution in [2.45, 2.75) is 19.0 Å². The molecule has 0 saturated carbocycles. The Hall–Kier alpha value is -0.550. The highest BCUT2D eigenvalue weighted by Gasteiger charge is 2.17. The zero-order chi connectivity index (χ0) is 9.84. The van der Waals surface area contributed by atoms with Crippen molar-refractivity contribution < 1.29 is 13.9 Å². The Labute approximate surface area is 82.7 Å². The number of pyridine rings is 1. The lowest BCUT2D eigenvalue weighted by atomic mass is 10.2. The minimum Gasteiger partial charge on any atom is -0.387 e. The second kappa shape index (κ2) is 4.62. The number of aliphatic hydroxyl groups excluding tert-OH is 1. The average molecular weight is 252 g/mol. The quantitative estimate of drug-likeness (QED) is 0.892. The summed E-state index contributed by atoms with van der Waals surface area (Å²) < 4.78 is 24.6. The number of hydrogen-bond donors (Lipinski definition) is 1. The molecule has 0 aliphatic heterocycles. The smallest absolute Gasteiger partial charge is 0.264 e. The molecule has 0 spiro atoms. The van der Waals surface area contributed by atoms with Crippen LogP contribution in [-0.4, -0.2) is 22.6 Å². The Bertz CT molecular complexity index is 265. The van der Waals surface area contributed by atoms with E-state index in [-0.39, 0.29) is 6.42 Å². The molecule has 2 nitrogen and oxygen atoms in total. The van der Waals surface area contributed by atoms with Crippen LogP contribution in [0.3, 0.4) is 0 Å². The number of aliphatic hydroxyl groups is 1. The zero-order valence-electron chi connectivity index (χ0n) is 6.62. The van der Waals surface area contributed by atoms with Crippen LogP contribution in [0.5, 0.6) is 0 Å². The molecule has 0 aromatic carbocycles. The van der Waals surface area contributed by atoms with Crippen LogP contribution in [0, 0.1) is 0 Å². The molecule has 1 N–H and O–H groups in total. The Morgan fingerprint density at radius 1 is 1.46 bits per heavy atom. The van der Waals surface area contributed by atoms with Crippen molar-refractivity contribution in [2.24, 2.45) is 0 Å². The predicted octanol–water partition coefficient (Wildman–Crippen LogP) is 2.01. The molecule has 1 heterocycles. The fourth-order valence-electron chi connectivity index (χ4n) is 0.831. The summed E-state index contributed by atoms with van der Waals surface area (Å²) in [6.45, 7) is 0. The molecule has 0 aliphatic carbocycles. The minimum atomic E-state index is -2.72. The van der Waals surface area contributed by atoms with Crippen LogP contribution in [-0.2, 0) is 6.42 Å². The normalized spacial score (nSPS) is 13.3. The van der Waals surface area contributed by atoms with Crippen LogP contribution in [0.1, 0.15) is 5.69 Å². The van der Waals surface area contributed by atoms with Gasteiger partial charge in [0.15, 0.2) is 0 Å². The van der Waals surface area contributed by atoms with Gasteiger partial charge in [0.25, 0.3) is 6.43 Å². The van der Waals surface area contributed by atoms with Crippen LogP contribution in [0.4, 0.5) is 8.78 Å². The topological polar surface area (TPSA) is 33.1 Å². The number of hydrogen-bond acceptors (Lipinski definition) is 2. The van der Waals surface area contributed by atoms with E-state index in [1.165, 1.54) is 6.20 Å². The van der Waals surface area contributed by atoms with Gasteiger partial charge in [0.1, 0.15) is 6.10 Å². The van der Waals surface area contributed by atoms with E-state index >= 15 is 0 Å². The summed E-state index contributed by atoms with van der Waals surface area (Å²) in [6.07, 6.45) is -2.96. The number of alkyl halides is 2. The Morgan fingerprint density at radius 3 is 2.62 bits per heavy atom. The molecule has 0 fully saturated rings. The number of nitrogens with zero attached hydrogens (tertiary/aromatic N) is 1. The van der Waals surface area contributed by atoms with Crippen molar-refractivity contribution in [3.63, 3.8) is 0 Å². The van der Waals surface area contributed by atoms with Crippen LogP contribution >= 0.6 is 15.9 Å². The third-order valence-electron chi connectivity index (χ3n) is 1.50. The molecule has 0 bridgehead atoms. The lowest BCUT2D eigenvalue weighted by Crippen LogP contribution is -2.20. The van der Waals surface area contributed by atoms with E-state index in [1.54, 1.807) is 12.1 Å². The van der Waals surface area contributed by atoms with Crippen LogP contribution in [0.2, 0.25) is 0 Å². The highest BCUT2D eigenvalue weighted by Crippen LogP contribution is 2.11. The molecule has 0 aliphatic rings. The monoisotopic (exact) mass is 251 g/mol. The lowest BCUT2D eigenvalue weighted by Gasteiger charge is -2.07. The fraction of sp³-hybridized carbons (Fsp3) is 0.375. The second-order valence-electron chi connectivity index (χ2n) is 2.57. The van der Waals surface area contributed by atoms with E-state index in [0.717, 1.165) is 4.47 Å². The highest BCUT2D eigenvalue weighted by atomic mass is 79.9. The molecular formula is C8H8BrF2NO. The lowest BCUT2D eigenvalue weighted by molar-refractivity contribution is -0.00416. The van der Waals surface area contributed by atoms with Gasteiger partial charge in [-0.3, -0.25) is 4.98 Å². The zero-order valence-corrected chi connectivity index (χ0v) is 8.21. The van der Waals surface area contributed by atoms with Gasteiger partial charge in [0.05, 0.1) is 0 Å². The van der Waals surface area contributed by atoms with Crippen molar-refractivity contribution >= 4 is 15.9 Å². The first kappa shape index (κ1) is 10.5. The van der Waals surface area contributed by atoms with Crippen molar-refractivity contribution in [1.82, 2.24) is 4.98 Å². The van der Waals surface area contributed by atoms with Gasteiger partial charge in [-0.1, -0.05) is 0 Å². The first-order valence-corrected chi connectivity index (χ1v) is 4.45. The van der Waals surface area contributed by atoms with Gasteiger partial charge in [-0.2, -0.15) is 0 Å². The maximum atomic E-state index is 11.9. The van der Waals surface area contributed by atoms with E-state index in [4.69, 9.17) is 5.11 Å². The van der Waals surface area contributed by atoms with Crippen LogP contribution < -0.4 is 0 Å². The maximum Gasteiger partial charge on any atom is 0.264 e. The van der Waals surface area contributed by atoms with Crippen molar-refractivity contribution in [3.8, 4) is 0 Å². The molecule has 72 valence electrons. The van der Waals surface area contributed by atoms with E-state index < -0.39 is 12.5 Å². The number of halogens is 3. The summed E-state index contributed by atoms with van der Waals surface area (Å²) in [7, 11) is 0. The highest BCUT2D eigenvalue weighted by molar-refractivity contribution is 9.10. The van der Waals surface area contributed by atoms with E-state index in [1.807, 2.05) is 0 Å².